The van der Waals surface area contributed by atoms with E-state index in [1.54, 1.807) is 6.20 Å². The Morgan fingerprint density at radius 3 is 2.52 bits per heavy atom. The number of amides is 1. The average Bonchev–Trinajstić information content (AvgIpc) is 3.27. The number of hydrogen-bond donors (Lipinski definition) is 1. The summed E-state index contributed by atoms with van der Waals surface area (Å²) in [4.78, 5) is 15.2. The van der Waals surface area contributed by atoms with Crippen molar-refractivity contribution in [3.63, 3.8) is 0 Å². The zero-order valence-corrected chi connectivity index (χ0v) is 20.8. The molecule has 2 fully saturated rings. The number of aryl methyl sites for hydroxylation is 2. The fourth-order valence-electron chi connectivity index (χ4n) is 4.64. The van der Waals surface area contributed by atoms with Crippen molar-refractivity contribution < 1.29 is 13.2 Å². The molecule has 2 heterocycles. The van der Waals surface area contributed by atoms with E-state index >= 15 is 0 Å². The Morgan fingerprint density at radius 1 is 1.15 bits per heavy atom. The Hall–Kier alpha value is -2.10. The summed E-state index contributed by atoms with van der Waals surface area (Å²) in [6.07, 6.45) is 6.76. The molecule has 1 saturated heterocycles. The van der Waals surface area contributed by atoms with E-state index in [1.807, 2.05) is 32.0 Å². The molecule has 1 saturated carbocycles. The van der Waals surface area contributed by atoms with Crippen molar-refractivity contribution in [2.45, 2.75) is 63.6 Å². The van der Waals surface area contributed by atoms with E-state index in [9.17, 15) is 13.2 Å². The van der Waals surface area contributed by atoms with Crippen LogP contribution >= 0.6 is 11.6 Å². The summed E-state index contributed by atoms with van der Waals surface area (Å²) in [7, 11) is -3.90. The van der Waals surface area contributed by atoms with Crippen LogP contribution in [0.3, 0.4) is 0 Å². The zero-order chi connectivity index (χ0) is 23.6. The van der Waals surface area contributed by atoms with Crippen molar-refractivity contribution in [2.24, 2.45) is 0 Å². The lowest BCUT2D eigenvalue weighted by Gasteiger charge is -2.36. The number of carbonyl (C=O) groups is 1. The summed E-state index contributed by atoms with van der Waals surface area (Å²) in [5.74, 6) is -0.353. The van der Waals surface area contributed by atoms with Crippen LogP contribution in [-0.4, -0.2) is 60.6 Å². The number of benzene rings is 1. The summed E-state index contributed by atoms with van der Waals surface area (Å²) in [6, 6.07) is 5.83. The number of piperazine rings is 1. The van der Waals surface area contributed by atoms with Crippen molar-refractivity contribution in [3.05, 3.63) is 40.5 Å². The van der Waals surface area contributed by atoms with Crippen molar-refractivity contribution in [1.82, 2.24) is 19.4 Å². The molecule has 0 bridgehead atoms. The van der Waals surface area contributed by atoms with Crippen LogP contribution in [-0.2, 0) is 16.6 Å². The molecule has 1 aromatic carbocycles. The van der Waals surface area contributed by atoms with Gasteiger partial charge in [0, 0.05) is 55.7 Å². The molecule has 8 nitrogen and oxygen atoms in total. The molecule has 0 radical (unpaired) electrons. The molecular formula is C23H32ClN5O3S. The lowest BCUT2D eigenvalue weighted by atomic mass is 9.95. The molecule has 1 N–H and O–H groups in total. The highest BCUT2D eigenvalue weighted by atomic mass is 35.5. The minimum atomic E-state index is -3.90. The fraction of sp³-hybridized carbons (Fsp3) is 0.565. The monoisotopic (exact) mass is 493 g/mol. The van der Waals surface area contributed by atoms with Gasteiger partial charge in [0.05, 0.1) is 5.56 Å². The number of anilines is 1. The number of nitrogens with zero attached hydrogens (tertiary/aromatic N) is 4. The predicted octanol–water partition coefficient (Wildman–Crippen LogP) is 3.44. The highest BCUT2D eigenvalue weighted by molar-refractivity contribution is 7.89. The molecule has 4 rings (SSSR count). The van der Waals surface area contributed by atoms with Crippen LogP contribution < -0.4 is 10.2 Å². The van der Waals surface area contributed by atoms with Gasteiger partial charge < -0.3 is 10.2 Å². The van der Waals surface area contributed by atoms with E-state index in [1.165, 1.54) is 15.4 Å². The normalized spacial score (nSPS) is 18.5. The lowest BCUT2D eigenvalue weighted by molar-refractivity contribution is 0.0924. The number of sulfonamides is 1. The Balaban J connectivity index is 1.52. The van der Waals surface area contributed by atoms with Crippen LogP contribution in [0.15, 0.2) is 29.4 Å². The van der Waals surface area contributed by atoms with E-state index in [0.717, 1.165) is 36.9 Å². The number of aromatic nitrogens is 2. The maximum absolute atomic E-state index is 13.5. The van der Waals surface area contributed by atoms with Crippen LogP contribution in [0.4, 0.5) is 5.69 Å². The summed E-state index contributed by atoms with van der Waals surface area (Å²) in [6.45, 7) is 6.09. The van der Waals surface area contributed by atoms with Gasteiger partial charge in [-0.15, -0.1) is 0 Å². The highest BCUT2D eigenvalue weighted by Crippen LogP contribution is 2.27. The fourth-order valence-corrected chi connectivity index (χ4v) is 6.32. The van der Waals surface area contributed by atoms with E-state index in [-0.39, 0.29) is 22.5 Å². The van der Waals surface area contributed by atoms with Gasteiger partial charge >= 0.3 is 0 Å². The molecule has 1 aliphatic carbocycles. The largest absolute Gasteiger partial charge is 0.369 e. The van der Waals surface area contributed by atoms with Crippen molar-refractivity contribution in [1.29, 1.82) is 0 Å². The molecule has 1 aliphatic heterocycles. The second-order valence-electron chi connectivity index (χ2n) is 8.83. The van der Waals surface area contributed by atoms with Gasteiger partial charge in [-0.3, -0.25) is 9.48 Å². The Kier molecular flexibility index (Phi) is 7.31. The Labute approximate surface area is 200 Å². The maximum Gasteiger partial charge on any atom is 0.263 e. The third-order valence-electron chi connectivity index (χ3n) is 6.57. The number of halogens is 1. The van der Waals surface area contributed by atoms with Gasteiger partial charge in [-0.2, -0.15) is 9.40 Å². The number of nitrogens with one attached hydrogen (secondary N) is 1. The highest BCUT2D eigenvalue weighted by Gasteiger charge is 2.35. The van der Waals surface area contributed by atoms with Gasteiger partial charge in [-0.25, -0.2) is 8.42 Å². The van der Waals surface area contributed by atoms with E-state index in [2.05, 4.69) is 15.3 Å². The van der Waals surface area contributed by atoms with Crippen molar-refractivity contribution >= 4 is 33.2 Å². The van der Waals surface area contributed by atoms with Gasteiger partial charge in [0.15, 0.2) is 0 Å². The first kappa shape index (κ1) is 24.0. The van der Waals surface area contributed by atoms with Crippen LogP contribution in [0.1, 0.15) is 54.9 Å². The van der Waals surface area contributed by atoms with Gasteiger partial charge in [0.25, 0.3) is 15.9 Å². The quantitative estimate of drug-likeness (QED) is 0.666. The van der Waals surface area contributed by atoms with Gasteiger partial charge in [-0.1, -0.05) is 36.9 Å². The number of hydrogen-bond acceptors (Lipinski definition) is 5. The third-order valence-corrected chi connectivity index (χ3v) is 8.64. The minimum absolute atomic E-state index is 0.0938. The average molecular weight is 494 g/mol. The van der Waals surface area contributed by atoms with Crippen LogP contribution in [0.5, 0.6) is 0 Å². The first-order valence-corrected chi connectivity index (χ1v) is 13.5. The zero-order valence-electron chi connectivity index (χ0n) is 19.3. The summed E-state index contributed by atoms with van der Waals surface area (Å²) < 4.78 is 30.0. The smallest absolute Gasteiger partial charge is 0.263 e. The molecule has 2 aromatic rings. The van der Waals surface area contributed by atoms with E-state index < -0.39 is 10.0 Å². The van der Waals surface area contributed by atoms with Gasteiger partial charge in [-0.05, 0) is 44.4 Å². The molecule has 10 heteroatoms. The second kappa shape index (κ2) is 10.0. The summed E-state index contributed by atoms with van der Waals surface area (Å²) >= 11 is 6.17. The Morgan fingerprint density at radius 2 is 1.85 bits per heavy atom. The molecule has 1 amide bonds. The first-order chi connectivity index (χ1) is 15.8. The predicted molar refractivity (Wildman–Crippen MR) is 129 cm³/mol. The summed E-state index contributed by atoms with van der Waals surface area (Å²) in [5.41, 5.74) is 2.25. The molecule has 0 unspecified atom stereocenters. The molecule has 0 spiro atoms. The van der Waals surface area contributed by atoms with Gasteiger partial charge in [0.2, 0.25) is 5.03 Å². The van der Waals surface area contributed by atoms with Crippen LogP contribution in [0.2, 0.25) is 5.02 Å². The number of carbonyl (C=O) groups excluding carboxylic acids is 1. The van der Waals surface area contributed by atoms with Crippen molar-refractivity contribution in [2.75, 3.05) is 31.1 Å². The topological polar surface area (TPSA) is 87.5 Å². The van der Waals surface area contributed by atoms with Crippen LogP contribution in [0.25, 0.3) is 0 Å². The van der Waals surface area contributed by atoms with Crippen molar-refractivity contribution in [3.8, 4) is 0 Å². The molecular weight excluding hydrogens is 462 g/mol. The SMILES string of the molecule is CCn1cc(C(=O)NC2CCCCC2)c(S(=O)(=O)N2CCN(c3cc(Cl)ccc3C)CC2)n1. The van der Waals surface area contributed by atoms with E-state index in [4.69, 9.17) is 11.6 Å². The first-order valence-electron chi connectivity index (χ1n) is 11.7. The lowest BCUT2D eigenvalue weighted by Crippen LogP contribution is -2.49. The molecule has 2 aliphatic rings. The Bertz CT molecular complexity index is 1100. The molecule has 180 valence electrons. The maximum atomic E-state index is 13.5. The third kappa shape index (κ3) is 5.20. The molecule has 1 aromatic heterocycles. The molecule has 33 heavy (non-hydrogen) atoms. The molecule has 0 atom stereocenters. The number of rotatable bonds is 6. The minimum Gasteiger partial charge on any atom is -0.369 e. The summed E-state index contributed by atoms with van der Waals surface area (Å²) in [5, 5.41) is 7.83. The second-order valence-corrected chi connectivity index (χ2v) is 11.1. The van der Waals surface area contributed by atoms with E-state index in [0.29, 0.717) is 37.7 Å². The standard InChI is InChI=1S/C23H32ClN5O3S/c1-3-28-16-20(22(30)25-19-7-5-4-6-8-19)23(26-28)33(31,32)29-13-11-27(12-14-29)21-15-18(24)10-9-17(21)2/h9-10,15-16,19H,3-8,11-14H2,1-2H3,(H,25,30). The van der Waals surface area contributed by atoms with Crippen LogP contribution in [0, 0.1) is 6.92 Å². The van der Waals surface area contributed by atoms with Gasteiger partial charge in [0.1, 0.15) is 0 Å².